The SMILES string of the molecule is c1ccc(-c2nc(-c3cccc(-n4c5ccc(-c6ccc7c(c6)c6ccccc6n7-c6ccccc6)cc5c5cc(-c6ccc7c(c6)c6ccccc6n7-c6ccccc6)ccc54)c3)nc(-c3ccccn3)n2)cc1.c1ccc(-c2nc(-c3cccc(-n4c5ccccc5c5cc(-c6ccc7c(c6)c6ccccc6n7-c6ccccc6)ccc54)c3)nc(-c3ccccn3)n2)cc1. The molecule has 612 valence electrons. The molecule has 0 N–H and O–H groups in total. The van der Waals surface area contributed by atoms with E-state index < -0.39 is 0 Å². The summed E-state index contributed by atoms with van der Waals surface area (Å²) in [6.45, 7) is 0. The second-order valence-corrected chi connectivity index (χ2v) is 33.0. The molecular weight excluding hydrogens is 1600 g/mol. The van der Waals surface area contributed by atoms with E-state index in [2.05, 4.69) is 379 Å². The maximum atomic E-state index is 5.09. The Hall–Kier alpha value is -17.9. The van der Waals surface area contributed by atoms with Gasteiger partial charge in [0.05, 0.1) is 55.2 Å². The number of hydrogen-bond donors (Lipinski definition) is 0. The highest BCUT2D eigenvalue weighted by Crippen LogP contribution is 2.45. The summed E-state index contributed by atoms with van der Waals surface area (Å²) >= 11 is 0. The van der Waals surface area contributed by atoms with Crippen LogP contribution in [-0.4, -0.2) is 62.7 Å². The third-order valence-corrected chi connectivity index (χ3v) is 25.3. The van der Waals surface area contributed by atoms with Crippen LogP contribution in [0.1, 0.15) is 0 Å². The van der Waals surface area contributed by atoms with Crippen LogP contribution in [0, 0.1) is 0 Å². The zero-order valence-corrected chi connectivity index (χ0v) is 70.6. The molecule has 26 aromatic rings. The van der Waals surface area contributed by atoms with E-state index in [0.717, 1.165) is 106 Å². The number of fused-ring (bicyclic) bond motifs is 15. The number of benzene rings is 17. The fraction of sp³-hybridized carbons (Fsp3) is 0. The Morgan fingerprint density at radius 1 is 0.130 bits per heavy atom. The van der Waals surface area contributed by atoms with Crippen molar-refractivity contribution in [3.05, 3.63) is 455 Å². The zero-order valence-electron chi connectivity index (χ0n) is 70.6. The van der Waals surface area contributed by atoms with E-state index in [9.17, 15) is 0 Å². The molecule has 131 heavy (non-hydrogen) atoms. The van der Waals surface area contributed by atoms with Crippen molar-refractivity contribution in [1.29, 1.82) is 0 Å². The predicted molar refractivity (Wildman–Crippen MR) is 536 cm³/mol. The lowest BCUT2D eigenvalue weighted by molar-refractivity contribution is 1.06. The standard InChI is InChI=1S/C68H43N7.C50H32N6/c1-4-17-44(18-5-1)66-70-67(72-68(71-66)59-27-14-15-38-69-59)49-19-16-24-52(39-49)75-64-36-32-47(45-30-34-62-55(40-45)53-25-10-12-28-60(53)73(62)50-20-6-2-7-21-50)42-57(64)58-43-48(33-37-65(58)75)46-31-35-63-56(41-46)54-26-11-13-29-61(54)74(63)51-22-8-3-9-23-51;1-3-14-33(15-4-1)48-52-49(54-50(53-48)43-22-11-12-29-51-43)36-16-13-19-38(30-36)56-45-24-10-8-21-40(45)42-32-35(26-28-47(42)56)34-25-27-46-41(31-34)39-20-7-9-23-44(39)55(46)37-17-5-2-6-18-37/h1-43H;1-32H. The van der Waals surface area contributed by atoms with Crippen molar-refractivity contribution in [3.8, 4) is 130 Å². The molecule has 0 atom stereocenters. The van der Waals surface area contributed by atoms with E-state index in [4.69, 9.17) is 29.9 Å². The van der Waals surface area contributed by atoms with Gasteiger partial charge in [-0.2, -0.15) is 0 Å². The van der Waals surface area contributed by atoms with Crippen molar-refractivity contribution >= 4 is 109 Å². The van der Waals surface area contributed by atoms with E-state index in [0.29, 0.717) is 46.3 Å². The molecule has 0 fully saturated rings. The molecule has 0 aliphatic rings. The van der Waals surface area contributed by atoms with E-state index >= 15 is 0 Å². The maximum absolute atomic E-state index is 5.09. The second kappa shape index (κ2) is 31.6. The minimum atomic E-state index is 0.521. The van der Waals surface area contributed by atoms with Gasteiger partial charge in [0.25, 0.3) is 0 Å². The van der Waals surface area contributed by atoms with Crippen LogP contribution in [-0.2, 0) is 0 Å². The monoisotopic (exact) mass is 1670 g/mol. The Bertz CT molecular complexity index is 8620. The van der Waals surface area contributed by atoms with Crippen LogP contribution >= 0.6 is 0 Å². The highest BCUT2D eigenvalue weighted by molar-refractivity contribution is 6.17. The van der Waals surface area contributed by atoms with Crippen molar-refractivity contribution in [2.45, 2.75) is 0 Å². The summed E-state index contributed by atoms with van der Waals surface area (Å²) in [6.07, 6.45) is 3.53. The molecule has 0 bridgehead atoms. The first-order chi connectivity index (χ1) is 64.9. The molecule has 9 heterocycles. The Morgan fingerprint density at radius 2 is 0.344 bits per heavy atom. The summed E-state index contributed by atoms with van der Waals surface area (Å²) in [6, 6.07) is 157. The smallest absolute Gasteiger partial charge is 0.182 e. The molecule has 9 aromatic heterocycles. The van der Waals surface area contributed by atoms with Crippen LogP contribution in [0.5, 0.6) is 0 Å². The minimum absolute atomic E-state index is 0.521. The van der Waals surface area contributed by atoms with E-state index in [1.54, 1.807) is 12.4 Å². The highest BCUT2D eigenvalue weighted by atomic mass is 15.1. The van der Waals surface area contributed by atoms with Gasteiger partial charge in [0.1, 0.15) is 11.4 Å². The van der Waals surface area contributed by atoms with Crippen LogP contribution in [0.15, 0.2) is 455 Å². The fourth-order valence-corrected chi connectivity index (χ4v) is 19.3. The minimum Gasteiger partial charge on any atom is -0.309 e. The lowest BCUT2D eigenvalue weighted by Crippen LogP contribution is -2.01. The summed E-state index contributed by atoms with van der Waals surface area (Å²) in [4.78, 5) is 39.0. The fourth-order valence-electron chi connectivity index (χ4n) is 19.3. The number of nitrogens with zero attached hydrogens (tertiary/aromatic N) is 13. The molecule has 0 saturated carbocycles. The Morgan fingerprint density at radius 3 is 0.626 bits per heavy atom. The van der Waals surface area contributed by atoms with E-state index in [1.165, 1.54) is 87.3 Å². The van der Waals surface area contributed by atoms with Gasteiger partial charge in [-0.15, -0.1) is 0 Å². The lowest BCUT2D eigenvalue weighted by atomic mass is 9.98. The second-order valence-electron chi connectivity index (χ2n) is 33.0. The van der Waals surface area contributed by atoms with Gasteiger partial charge >= 0.3 is 0 Å². The molecule has 13 heteroatoms. The summed E-state index contributed by atoms with van der Waals surface area (Å²) in [5, 5.41) is 12.1. The van der Waals surface area contributed by atoms with Crippen LogP contribution in [0.4, 0.5) is 0 Å². The first-order valence-electron chi connectivity index (χ1n) is 44.0. The van der Waals surface area contributed by atoms with E-state index in [1.807, 2.05) is 97.1 Å². The van der Waals surface area contributed by atoms with Crippen LogP contribution in [0.2, 0.25) is 0 Å². The summed E-state index contributed by atoms with van der Waals surface area (Å²) in [7, 11) is 0. The van der Waals surface area contributed by atoms with Gasteiger partial charge in [-0.05, 0) is 215 Å². The van der Waals surface area contributed by atoms with Gasteiger partial charge in [0.2, 0.25) is 0 Å². The summed E-state index contributed by atoms with van der Waals surface area (Å²) < 4.78 is 11.8. The Balaban J connectivity index is 0.000000147. The average Bonchev–Trinajstić information content (AvgIpc) is 1.61. The van der Waals surface area contributed by atoms with Crippen molar-refractivity contribution < 1.29 is 0 Å². The number of rotatable bonds is 14. The molecule has 0 aliphatic heterocycles. The van der Waals surface area contributed by atoms with E-state index in [-0.39, 0.29) is 0 Å². The third kappa shape index (κ3) is 13.3. The maximum Gasteiger partial charge on any atom is 0.182 e. The van der Waals surface area contributed by atoms with Crippen molar-refractivity contribution in [2.75, 3.05) is 0 Å². The molecule has 17 aromatic carbocycles. The molecule has 0 unspecified atom stereocenters. The molecule has 26 rings (SSSR count). The van der Waals surface area contributed by atoms with Gasteiger partial charge in [-0.1, -0.05) is 261 Å². The van der Waals surface area contributed by atoms with Crippen molar-refractivity contribution in [3.63, 3.8) is 0 Å². The molecule has 0 radical (unpaired) electrons. The molecule has 0 amide bonds. The quantitative estimate of drug-likeness (QED) is 0.105. The number of para-hydroxylation sites is 7. The van der Waals surface area contributed by atoms with Gasteiger partial charge in [0, 0.05) is 117 Å². The van der Waals surface area contributed by atoms with Crippen molar-refractivity contribution in [2.24, 2.45) is 0 Å². The van der Waals surface area contributed by atoms with Crippen molar-refractivity contribution in [1.82, 2.24) is 62.7 Å². The molecule has 13 nitrogen and oxygen atoms in total. The highest BCUT2D eigenvalue weighted by Gasteiger charge is 2.24. The van der Waals surface area contributed by atoms with Crippen LogP contribution in [0.25, 0.3) is 239 Å². The normalized spacial score (nSPS) is 11.7. The lowest BCUT2D eigenvalue weighted by Gasteiger charge is -2.12. The third-order valence-electron chi connectivity index (χ3n) is 25.3. The zero-order chi connectivity index (χ0) is 86.4. The first kappa shape index (κ1) is 75.6. The number of aromatic nitrogens is 13. The number of pyridine rings is 2. The molecular formula is C118H75N13. The largest absolute Gasteiger partial charge is 0.309 e. The van der Waals surface area contributed by atoms with Gasteiger partial charge < -0.3 is 22.8 Å². The predicted octanol–water partition coefficient (Wildman–Crippen LogP) is 29.0. The van der Waals surface area contributed by atoms with Gasteiger partial charge in [-0.25, -0.2) is 29.9 Å². The van der Waals surface area contributed by atoms with Gasteiger partial charge in [-0.3, -0.25) is 9.97 Å². The average molecular weight is 1670 g/mol. The topological polar surface area (TPSA) is 128 Å². The molecule has 0 saturated heterocycles. The molecule has 0 spiro atoms. The van der Waals surface area contributed by atoms with Crippen LogP contribution < -0.4 is 0 Å². The van der Waals surface area contributed by atoms with Gasteiger partial charge in [0.15, 0.2) is 34.9 Å². The summed E-state index contributed by atoms with van der Waals surface area (Å²) in [5.41, 5.74) is 29.0. The number of hydrogen-bond acceptors (Lipinski definition) is 8. The van der Waals surface area contributed by atoms with Crippen LogP contribution in [0.3, 0.4) is 0 Å². The Kier molecular flexibility index (Phi) is 18.2. The Labute approximate surface area is 752 Å². The molecule has 0 aliphatic carbocycles. The first-order valence-corrected chi connectivity index (χ1v) is 44.0. The summed E-state index contributed by atoms with van der Waals surface area (Å²) in [5.74, 6) is 3.42.